The molecule has 24 heavy (non-hydrogen) atoms. The first-order chi connectivity index (χ1) is 11.2. The molecule has 2 rings (SSSR count). The standard InChI is InChI=1S/C18H24N2O4/c1-6-20(7-2)16(21)14-11-23-15-10-12(8-9-13(14)15)19-17(22)24-18(3,4)5/h8-11H,6-7H2,1-5H3,(H,19,22). The zero-order valence-electron chi connectivity index (χ0n) is 14.8. The molecule has 0 aliphatic rings. The van der Waals surface area contributed by atoms with Gasteiger partial charge in [0, 0.05) is 30.2 Å². The van der Waals surface area contributed by atoms with Crippen molar-refractivity contribution in [3.05, 3.63) is 30.0 Å². The van der Waals surface area contributed by atoms with E-state index < -0.39 is 11.7 Å². The highest BCUT2D eigenvalue weighted by atomic mass is 16.6. The molecule has 130 valence electrons. The van der Waals surface area contributed by atoms with Crippen molar-refractivity contribution in [2.75, 3.05) is 18.4 Å². The van der Waals surface area contributed by atoms with Gasteiger partial charge in [0.15, 0.2) is 0 Å². The van der Waals surface area contributed by atoms with Crippen LogP contribution in [0.25, 0.3) is 11.0 Å². The Balaban J connectivity index is 2.22. The molecule has 2 aromatic rings. The van der Waals surface area contributed by atoms with E-state index in [1.54, 1.807) is 43.9 Å². The topological polar surface area (TPSA) is 71.8 Å². The molecule has 6 nitrogen and oxygen atoms in total. The van der Waals surface area contributed by atoms with E-state index in [1.165, 1.54) is 6.26 Å². The number of hydrogen-bond donors (Lipinski definition) is 1. The molecule has 2 amide bonds. The average Bonchev–Trinajstić information content (AvgIpc) is 2.89. The Morgan fingerprint density at radius 3 is 2.46 bits per heavy atom. The van der Waals surface area contributed by atoms with E-state index in [0.29, 0.717) is 29.9 Å². The van der Waals surface area contributed by atoms with Gasteiger partial charge in [-0.1, -0.05) is 0 Å². The zero-order valence-corrected chi connectivity index (χ0v) is 14.8. The lowest BCUT2D eigenvalue weighted by molar-refractivity contribution is 0.0635. The van der Waals surface area contributed by atoms with Crippen molar-refractivity contribution in [2.45, 2.75) is 40.2 Å². The third-order valence-corrected chi connectivity index (χ3v) is 3.50. The molecule has 0 unspecified atom stereocenters. The molecule has 0 bridgehead atoms. The fraction of sp³-hybridized carbons (Fsp3) is 0.444. The van der Waals surface area contributed by atoms with Crippen molar-refractivity contribution in [2.24, 2.45) is 0 Å². The number of ether oxygens (including phenoxy) is 1. The minimum atomic E-state index is -0.567. The molecular formula is C18H24N2O4. The number of carbonyl (C=O) groups excluding carboxylic acids is 2. The first kappa shape index (κ1) is 17.8. The van der Waals surface area contributed by atoms with E-state index >= 15 is 0 Å². The summed E-state index contributed by atoms with van der Waals surface area (Å²) in [4.78, 5) is 26.0. The van der Waals surface area contributed by atoms with Gasteiger partial charge in [-0.15, -0.1) is 0 Å². The van der Waals surface area contributed by atoms with Gasteiger partial charge in [-0.2, -0.15) is 0 Å². The van der Waals surface area contributed by atoms with Crippen molar-refractivity contribution in [3.63, 3.8) is 0 Å². The van der Waals surface area contributed by atoms with Crippen LogP contribution in [-0.2, 0) is 4.74 Å². The van der Waals surface area contributed by atoms with Gasteiger partial charge in [-0.25, -0.2) is 4.79 Å². The second-order valence-corrected chi connectivity index (χ2v) is 6.46. The van der Waals surface area contributed by atoms with Crippen LogP contribution >= 0.6 is 0 Å². The largest absolute Gasteiger partial charge is 0.463 e. The van der Waals surface area contributed by atoms with Crippen LogP contribution in [0.1, 0.15) is 45.0 Å². The van der Waals surface area contributed by atoms with Crippen LogP contribution in [0.4, 0.5) is 10.5 Å². The Morgan fingerprint density at radius 1 is 1.21 bits per heavy atom. The average molecular weight is 332 g/mol. The Morgan fingerprint density at radius 2 is 1.88 bits per heavy atom. The maximum absolute atomic E-state index is 12.5. The van der Waals surface area contributed by atoms with E-state index in [0.717, 1.165) is 5.39 Å². The number of fused-ring (bicyclic) bond motifs is 1. The molecule has 0 radical (unpaired) electrons. The maximum Gasteiger partial charge on any atom is 0.412 e. The molecule has 1 heterocycles. The number of furan rings is 1. The molecule has 6 heteroatoms. The highest BCUT2D eigenvalue weighted by Crippen LogP contribution is 2.26. The lowest BCUT2D eigenvalue weighted by Crippen LogP contribution is -2.30. The molecule has 0 saturated carbocycles. The van der Waals surface area contributed by atoms with E-state index in [2.05, 4.69) is 5.32 Å². The fourth-order valence-electron chi connectivity index (χ4n) is 2.37. The van der Waals surface area contributed by atoms with Gasteiger partial charge >= 0.3 is 6.09 Å². The second-order valence-electron chi connectivity index (χ2n) is 6.46. The normalized spacial score (nSPS) is 11.4. The first-order valence-corrected chi connectivity index (χ1v) is 8.05. The van der Waals surface area contributed by atoms with Gasteiger partial charge in [0.2, 0.25) is 0 Å². The third kappa shape index (κ3) is 4.07. The summed E-state index contributed by atoms with van der Waals surface area (Å²) in [7, 11) is 0. The van der Waals surface area contributed by atoms with Crippen LogP contribution in [0.2, 0.25) is 0 Å². The van der Waals surface area contributed by atoms with E-state index in [-0.39, 0.29) is 5.91 Å². The maximum atomic E-state index is 12.5. The molecule has 0 aliphatic carbocycles. The molecule has 1 N–H and O–H groups in total. The van der Waals surface area contributed by atoms with Crippen molar-refractivity contribution in [3.8, 4) is 0 Å². The van der Waals surface area contributed by atoms with Crippen LogP contribution in [-0.4, -0.2) is 35.6 Å². The van der Waals surface area contributed by atoms with Crippen LogP contribution in [0.5, 0.6) is 0 Å². The molecule has 1 aromatic heterocycles. The summed E-state index contributed by atoms with van der Waals surface area (Å²) in [6.07, 6.45) is 0.926. The second kappa shape index (κ2) is 6.95. The van der Waals surface area contributed by atoms with Crippen molar-refractivity contribution in [1.29, 1.82) is 0 Å². The van der Waals surface area contributed by atoms with Gasteiger partial charge < -0.3 is 14.1 Å². The number of carbonyl (C=O) groups is 2. The molecule has 1 aromatic carbocycles. The number of anilines is 1. The van der Waals surface area contributed by atoms with E-state index in [4.69, 9.17) is 9.15 Å². The smallest absolute Gasteiger partial charge is 0.412 e. The highest BCUT2D eigenvalue weighted by molar-refractivity contribution is 6.06. The summed E-state index contributed by atoms with van der Waals surface area (Å²) in [6.45, 7) is 10.5. The number of hydrogen-bond acceptors (Lipinski definition) is 4. The van der Waals surface area contributed by atoms with Gasteiger partial charge in [-0.3, -0.25) is 10.1 Å². The lowest BCUT2D eigenvalue weighted by Gasteiger charge is -2.19. The number of amides is 2. The summed E-state index contributed by atoms with van der Waals surface area (Å²) in [6, 6.07) is 5.17. The Kier molecular flexibility index (Phi) is 5.17. The van der Waals surface area contributed by atoms with Crippen LogP contribution in [0, 0.1) is 0 Å². The van der Waals surface area contributed by atoms with Gasteiger partial charge in [-0.05, 0) is 46.8 Å². The minimum Gasteiger partial charge on any atom is -0.463 e. The van der Waals surface area contributed by atoms with Crippen LogP contribution < -0.4 is 5.32 Å². The Bertz CT molecular complexity index is 739. The van der Waals surface area contributed by atoms with E-state index in [1.807, 2.05) is 13.8 Å². The SMILES string of the molecule is CCN(CC)C(=O)c1coc2cc(NC(=O)OC(C)(C)C)ccc12. The van der Waals surface area contributed by atoms with Crippen molar-refractivity contribution < 1.29 is 18.7 Å². The number of benzene rings is 1. The summed E-state index contributed by atoms with van der Waals surface area (Å²) in [5.41, 5.74) is 1.05. The highest BCUT2D eigenvalue weighted by Gasteiger charge is 2.19. The van der Waals surface area contributed by atoms with Gasteiger partial charge in [0.05, 0.1) is 5.56 Å². The zero-order chi connectivity index (χ0) is 17.9. The summed E-state index contributed by atoms with van der Waals surface area (Å²) in [5, 5.41) is 3.38. The molecule has 0 spiro atoms. The number of nitrogens with one attached hydrogen (secondary N) is 1. The van der Waals surface area contributed by atoms with E-state index in [9.17, 15) is 9.59 Å². The minimum absolute atomic E-state index is 0.0633. The van der Waals surface area contributed by atoms with Crippen LogP contribution in [0.3, 0.4) is 0 Å². The van der Waals surface area contributed by atoms with Gasteiger partial charge in [0.1, 0.15) is 17.4 Å². The predicted octanol–water partition coefficient (Wildman–Crippen LogP) is 4.26. The number of rotatable bonds is 4. The third-order valence-electron chi connectivity index (χ3n) is 3.50. The quantitative estimate of drug-likeness (QED) is 0.908. The molecule has 0 saturated heterocycles. The summed E-state index contributed by atoms with van der Waals surface area (Å²) >= 11 is 0. The van der Waals surface area contributed by atoms with Crippen molar-refractivity contribution >= 4 is 28.7 Å². The fourth-order valence-corrected chi connectivity index (χ4v) is 2.37. The van der Waals surface area contributed by atoms with Gasteiger partial charge in [0.25, 0.3) is 5.91 Å². The summed E-state index contributed by atoms with van der Waals surface area (Å²) < 4.78 is 10.7. The number of nitrogens with zero attached hydrogens (tertiary/aromatic N) is 1. The monoisotopic (exact) mass is 332 g/mol. The molecule has 0 atom stereocenters. The predicted molar refractivity (Wildman–Crippen MR) is 93.3 cm³/mol. The summed E-state index contributed by atoms with van der Waals surface area (Å²) in [5.74, 6) is -0.0633. The Labute approximate surface area is 141 Å². The first-order valence-electron chi connectivity index (χ1n) is 8.05. The van der Waals surface area contributed by atoms with Crippen molar-refractivity contribution in [1.82, 2.24) is 4.90 Å². The van der Waals surface area contributed by atoms with Crippen LogP contribution in [0.15, 0.2) is 28.9 Å². The lowest BCUT2D eigenvalue weighted by atomic mass is 10.1. The molecule has 0 fully saturated rings. The molecule has 0 aliphatic heterocycles. The Hall–Kier alpha value is -2.50. The molecular weight excluding hydrogens is 308 g/mol.